The van der Waals surface area contributed by atoms with E-state index in [0.29, 0.717) is 13.2 Å². The number of hydrogen-bond donors (Lipinski definition) is 1. The Labute approximate surface area is 186 Å². The number of amides is 1. The van der Waals surface area contributed by atoms with E-state index in [1.807, 2.05) is 60.7 Å². The van der Waals surface area contributed by atoms with Gasteiger partial charge in [0.25, 0.3) is 0 Å². The number of ether oxygens (including phenoxy) is 4. The number of rotatable bonds is 6. The van der Waals surface area contributed by atoms with Crippen LogP contribution in [-0.2, 0) is 18.9 Å². The minimum Gasteiger partial charge on any atom is -0.447 e. The second-order valence-electron chi connectivity index (χ2n) is 7.46. The zero-order chi connectivity index (χ0) is 21.6. The summed E-state index contributed by atoms with van der Waals surface area (Å²) >= 11 is 1.53. The van der Waals surface area contributed by atoms with Gasteiger partial charge < -0.3 is 24.1 Å². The van der Waals surface area contributed by atoms with Crippen LogP contribution in [0.5, 0.6) is 0 Å². The predicted octanol–water partition coefficient (Wildman–Crippen LogP) is 3.09. The van der Waals surface area contributed by atoms with Crippen LogP contribution in [0.15, 0.2) is 65.6 Å². The van der Waals surface area contributed by atoms with Crippen LogP contribution in [0.1, 0.15) is 11.9 Å². The average molecular weight is 446 g/mol. The molecule has 7 nitrogen and oxygen atoms in total. The molecule has 2 heterocycles. The Morgan fingerprint density at radius 2 is 1.84 bits per heavy atom. The van der Waals surface area contributed by atoms with Crippen LogP contribution >= 0.6 is 11.8 Å². The van der Waals surface area contributed by atoms with Crippen molar-refractivity contribution >= 4 is 17.9 Å². The molecule has 4 rings (SSSR count). The summed E-state index contributed by atoms with van der Waals surface area (Å²) in [6, 6.07) is 19.0. The van der Waals surface area contributed by atoms with E-state index in [1.54, 1.807) is 12.0 Å². The molecule has 1 amide bonds. The summed E-state index contributed by atoms with van der Waals surface area (Å²) in [5.41, 5.74) is 0.875. The molecule has 1 N–H and O–H groups in total. The zero-order valence-corrected chi connectivity index (χ0v) is 18.1. The maximum atomic E-state index is 12.8. The average Bonchev–Trinajstić information content (AvgIpc) is 2.82. The van der Waals surface area contributed by atoms with E-state index in [-0.39, 0.29) is 18.5 Å². The molecule has 0 radical (unpaired) electrons. The van der Waals surface area contributed by atoms with Gasteiger partial charge in [-0.15, -0.1) is 11.8 Å². The molecular formula is C23H27NO6S. The molecule has 2 aliphatic rings. The zero-order valence-electron chi connectivity index (χ0n) is 17.3. The predicted molar refractivity (Wildman–Crippen MR) is 116 cm³/mol. The van der Waals surface area contributed by atoms with E-state index in [9.17, 15) is 9.90 Å². The Balaban J connectivity index is 1.54. The third-order valence-electron chi connectivity index (χ3n) is 5.42. The van der Waals surface area contributed by atoms with Crippen LogP contribution in [0.2, 0.25) is 0 Å². The molecule has 0 saturated carbocycles. The smallest absolute Gasteiger partial charge is 0.410 e. The van der Waals surface area contributed by atoms with Crippen molar-refractivity contribution in [2.45, 2.75) is 34.7 Å². The van der Waals surface area contributed by atoms with Crippen LogP contribution in [0.4, 0.5) is 4.79 Å². The van der Waals surface area contributed by atoms with Gasteiger partial charge in [0.2, 0.25) is 0 Å². The first-order chi connectivity index (χ1) is 15.2. The van der Waals surface area contributed by atoms with Crippen molar-refractivity contribution in [1.82, 2.24) is 4.90 Å². The Hall–Kier alpha value is -2.10. The first kappa shape index (κ1) is 22.1. The van der Waals surface area contributed by atoms with Crippen molar-refractivity contribution in [3.05, 3.63) is 66.2 Å². The number of thioether (sulfide) groups is 1. The van der Waals surface area contributed by atoms with E-state index in [2.05, 4.69) is 0 Å². The number of piperidine rings is 1. The van der Waals surface area contributed by atoms with Gasteiger partial charge in [-0.25, -0.2) is 4.79 Å². The van der Waals surface area contributed by atoms with E-state index >= 15 is 0 Å². The first-order valence-corrected chi connectivity index (χ1v) is 11.2. The van der Waals surface area contributed by atoms with Crippen molar-refractivity contribution in [3.8, 4) is 0 Å². The SMILES string of the molecule is COCCOC(=O)N1C[C@H](Sc2ccccc2)[C@@H](O)[C@@H]2O[C@H](c3ccccc3)OC[C@H]21. The quantitative estimate of drug-likeness (QED) is 0.685. The van der Waals surface area contributed by atoms with E-state index in [1.165, 1.54) is 11.8 Å². The highest BCUT2D eigenvalue weighted by atomic mass is 32.2. The van der Waals surface area contributed by atoms with Crippen LogP contribution < -0.4 is 0 Å². The van der Waals surface area contributed by atoms with Crippen molar-refractivity contribution in [3.63, 3.8) is 0 Å². The minimum absolute atomic E-state index is 0.163. The molecule has 0 unspecified atom stereocenters. The lowest BCUT2D eigenvalue weighted by atomic mass is 9.95. The second kappa shape index (κ2) is 10.5. The lowest BCUT2D eigenvalue weighted by Crippen LogP contribution is -2.66. The van der Waals surface area contributed by atoms with Gasteiger partial charge in [-0.05, 0) is 12.1 Å². The summed E-state index contributed by atoms with van der Waals surface area (Å²) in [5.74, 6) is 0. The Morgan fingerprint density at radius 1 is 1.13 bits per heavy atom. The summed E-state index contributed by atoms with van der Waals surface area (Å²) in [6.07, 6.45) is -2.41. The Morgan fingerprint density at radius 3 is 2.55 bits per heavy atom. The highest BCUT2D eigenvalue weighted by molar-refractivity contribution is 8.00. The fraction of sp³-hybridized carbons (Fsp3) is 0.435. The molecule has 2 aliphatic heterocycles. The van der Waals surface area contributed by atoms with Gasteiger partial charge in [0.05, 0.1) is 30.6 Å². The molecule has 2 aromatic rings. The maximum absolute atomic E-state index is 12.8. The van der Waals surface area contributed by atoms with Crippen LogP contribution in [0.25, 0.3) is 0 Å². The van der Waals surface area contributed by atoms with Crippen molar-refractivity contribution < 1.29 is 28.8 Å². The lowest BCUT2D eigenvalue weighted by molar-refractivity contribution is -0.269. The third kappa shape index (κ3) is 5.22. The van der Waals surface area contributed by atoms with Crippen LogP contribution in [-0.4, -0.2) is 73.1 Å². The molecule has 8 heteroatoms. The molecule has 0 spiro atoms. The van der Waals surface area contributed by atoms with E-state index in [0.717, 1.165) is 10.5 Å². The molecule has 0 bridgehead atoms. The summed E-state index contributed by atoms with van der Waals surface area (Å²) < 4.78 is 22.5. The molecule has 166 valence electrons. The summed E-state index contributed by atoms with van der Waals surface area (Å²) in [4.78, 5) is 15.5. The fourth-order valence-corrected chi connectivity index (χ4v) is 5.04. The molecule has 2 fully saturated rings. The molecule has 2 aromatic carbocycles. The van der Waals surface area contributed by atoms with Gasteiger partial charge in [-0.2, -0.15) is 0 Å². The number of carbonyl (C=O) groups is 1. The highest BCUT2D eigenvalue weighted by Crippen LogP contribution is 2.38. The topological polar surface area (TPSA) is 77.5 Å². The Bertz CT molecular complexity index is 838. The molecule has 31 heavy (non-hydrogen) atoms. The highest BCUT2D eigenvalue weighted by Gasteiger charge is 2.50. The summed E-state index contributed by atoms with van der Waals surface area (Å²) in [5, 5.41) is 10.9. The minimum atomic E-state index is -0.770. The first-order valence-electron chi connectivity index (χ1n) is 10.3. The number of aliphatic hydroxyl groups is 1. The standard InChI is InChI=1S/C23H27NO6S/c1-27-12-13-28-23(26)24-14-19(31-17-10-6-3-7-11-17)20(25)21-18(24)15-29-22(30-21)16-8-4-2-5-9-16/h2-11,18-22,25H,12-15H2,1H3/t18-,19+,20-,21-,22-/m1/s1. The number of aliphatic hydroxyl groups excluding tert-OH is 1. The number of fused-ring (bicyclic) bond motifs is 1. The van der Waals surface area contributed by atoms with Gasteiger partial charge in [0.15, 0.2) is 6.29 Å². The maximum Gasteiger partial charge on any atom is 0.410 e. The molecule has 2 saturated heterocycles. The van der Waals surface area contributed by atoms with Crippen molar-refractivity contribution in [2.24, 2.45) is 0 Å². The molecular weight excluding hydrogens is 418 g/mol. The molecule has 0 aliphatic carbocycles. The third-order valence-corrected chi connectivity index (χ3v) is 6.70. The monoisotopic (exact) mass is 445 g/mol. The lowest BCUT2D eigenvalue weighted by Gasteiger charge is -2.49. The second-order valence-corrected chi connectivity index (χ2v) is 8.78. The number of likely N-dealkylation sites (tertiary alicyclic amines) is 1. The number of methoxy groups -OCH3 is 1. The Kier molecular flexibility index (Phi) is 7.47. The van der Waals surface area contributed by atoms with Crippen LogP contribution in [0.3, 0.4) is 0 Å². The van der Waals surface area contributed by atoms with Gasteiger partial charge in [-0.1, -0.05) is 48.5 Å². The summed E-state index contributed by atoms with van der Waals surface area (Å²) in [7, 11) is 1.56. The van der Waals surface area contributed by atoms with Gasteiger partial charge in [0.1, 0.15) is 12.7 Å². The van der Waals surface area contributed by atoms with Gasteiger partial charge in [0, 0.05) is 24.1 Å². The molecule has 5 atom stereocenters. The number of carbonyl (C=O) groups excluding carboxylic acids is 1. The van der Waals surface area contributed by atoms with Crippen molar-refractivity contribution in [1.29, 1.82) is 0 Å². The van der Waals surface area contributed by atoms with Gasteiger partial charge in [-0.3, -0.25) is 4.90 Å². The molecule has 0 aromatic heterocycles. The fourth-order valence-electron chi connectivity index (χ4n) is 3.85. The number of nitrogens with zero attached hydrogens (tertiary/aromatic N) is 1. The van der Waals surface area contributed by atoms with Crippen molar-refractivity contribution in [2.75, 3.05) is 33.5 Å². The number of hydrogen-bond acceptors (Lipinski definition) is 7. The number of benzene rings is 2. The van der Waals surface area contributed by atoms with Crippen LogP contribution in [0, 0.1) is 0 Å². The van der Waals surface area contributed by atoms with Gasteiger partial charge >= 0.3 is 6.09 Å². The van der Waals surface area contributed by atoms with E-state index in [4.69, 9.17) is 18.9 Å². The summed E-state index contributed by atoms with van der Waals surface area (Å²) in [6.45, 7) is 1.07. The normalized spacial score (nSPS) is 28.1. The van der Waals surface area contributed by atoms with E-state index < -0.39 is 30.6 Å². The largest absolute Gasteiger partial charge is 0.447 e.